The van der Waals surface area contributed by atoms with E-state index in [4.69, 9.17) is 92.8 Å². The maximum absolute atomic E-state index is 6.70. The lowest BCUT2D eigenvalue weighted by Gasteiger charge is -2.13. The van der Waals surface area contributed by atoms with Gasteiger partial charge in [0.2, 0.25) is 12.7 Å². The van der Waals surface area contributed by atoms with E-state index in [9.17, 15) is 0 Å². The molecule has 26 aromatic rings. The van der Waals surface area contributed by atoms with Gasteiger partial charge in [-0.3, -0.25) is 0 Å². The molecule has 0 saturated heterocycles. The molecule has 26 rings (SSSR count). The van der Waals surface area contributed by atoms with Crippen LogP contribution in [0.15, 0.2) is 371 Å². The number of aromatic amines is 1. The minimum atomic E-state index is 0. The van der Waals surface area contributed by atoms with Gasteiger partial charge in [-0.15, -0.1) is 0 Å². The summed E-state index contributed by atoms with van der Waals surface area (Å²) in [7, 11) is 0. The van der Waals surface area contributed by atoms with Gasteiger partial charge < -0.3 is 43.5 Å². The number of aromatic nitrogens is 8. The van der Waals surface area contributed by atoms with Crippen molar-refractivity contribution in [3.63, 3.8) is 0 Å². The van der Waals surface area contributed by atoms with E-state index in [1.807, 2.05) is 35.5 Å². The van der Waals surface area contributed by atoms with E-state index in [-0.39, 0.29) is 34.0 Å². The summed E-state index contributed by atoms with van der Waals surface area (Å²) in [5.74, 6) is 0. The number of benzene rings is 22. The number of nitrogens with zero attached hydrogens (tertiary/aromatic N) is 7. The Morgan fingerprint density at radius 2 is 0.496 bits per heavy atom. The van der Waals surface area contributed by atoms with Crippen LogP contribution < -0.4 is 43.1 Å². The van der Waals surface area contributed by atoms with E-state index in [1.54, 1.807) is 6.33 Å². The van der Waals surface area contributed by atoms with Gasteiger partial charge in [-0.05, 0) is 295 Å². The normalized spacial score (nSPS) is 11.5. The number of imidazole rings is 4. The maximum atomic E-state index is 6.70. The highest BCUT2D eigenvalue weighted by atomic mass is 79.9. The van der Waals surface area contributed by atoms with E-state index >= 15 is 0 Å². The van der Waals surface area contributed by atoms with Gasteiger partial charge in [-0.2, -0.15) is 0 Å². The Labute approximate surface area is 844 Å². The van der Waals surface area contributed by atoms with E-state index < -0.39 is 0 Å². The summed E-state index contributed by atoms with van der Waals surface area (Å²) in [6.45, 7) is 3.28. The maximum Gasteiger partial charge on any atom is 0.255 e. The fraction of sp³-hybridized carbons (Fsp3) is 0.0619. The summed E-state index contributed by atoms with van der Waals surface area (Å²) in [4.78, 5) is 10.2. The highest BCUT2D eigenvalue weighted by molar-refractivity contribution is 9.08. The number of alkyl halides is 2. The molecular formula is C113H76Br4Cl8N8. The fourth-order valence-corrected chi connectivity index (χ4v) is 20.8. The molecule has 133 heavy (non-hydrogen) atoms. The molecule has 0 aliphatic rings. The molecule has 652 valence electrons. The third kappa shape index (κ3) is 18.5. The molecule has 20 heteroatoms. The molecule has 0 bridgehead atoms. The van der Waals surface area contributed by atoms with Gasteiger partial charge >= 0.3 is 0 Å². The van der Waals surface area contributed by atoms with Gasteiger partial charge in [-0.1, -0.05) is 376 Å². The lowest BCUT2D eigenvalue weighted by atomic mass is 9.93. The predicted octanol–water partition coefficient (Wildman–Crippen LogP) is 27.5. The van der Waals surface area contributed by atoms with Crippen molar-refractivity contribution in [1.82, 2.24) is 28.7 Å². The molecule has 0 saturated carbocycles. The molecule has 0 fully saturated rings. The molecular weight excluding hydrogens is 2070 g/mol. The quantitative estimate of drug-likeness (QED) is 0.0753. The molecule has 0 unspecified atom stereocenters. The van der Waals surface area contributed by atoms with Crippen molar-refractivity contribution >= 4 is 286 Å². The third-order valence-corrected chi connectivity index (χ3v) is 29.3. The predicted molar refractivity (Wildman–Crippen MR) is 563 cm³/mol. The van der Waals surface area contributed by atoms with Gasteiger partial charge in [0.05, 0.1) is 12.7 Å². The van der Waals surface area contributed by atoms with Crippen LogP contribution in [0.5, 0.6) is 0 Å². The Morgan fingerprint density at radius 3 is 0.782 bits per heavy atom. The number of H-pyrrole nitrogens is 1. The minimum absolute atomic E-state index is 0. The lowest BCUT2D eigenvalue weighted by Crippen LogP contribution is -3.00. The Bertz CT molecular complexity index is 8250. The molecule has 22 aromatic carbocycles. The summed E-state index contributed by atoms with van der Waals surface area (Å²) in [6, 6.07) is 124. The standard InChI is InChI=1S/2C31H21Cl2N2.C20H12Cl2N2.C17H11Br.C11H9Br.C3H2Cl2N2.2BrH/c2*32-30-31(33)35(19-34(30)17-20-8-9-22-4-1-2-5-25(22)14-20)18-21-15-26-12-10-23-6-3-7-24-11-13-27(16-21)29(26)28(23)24;21-19-20(22)24(11-23-19)10-12-8-15-6-4-13-2-1-3-14-5-7-16(9-12)18(15)17(13)14;18-10-11-8-14-6-4-12-2-1-3-13-5-7-15(9-11)17(14)16(12)13;12-8-9-5-6-10-3-1-2-4-11(10)7-9;4-2-3(5)7-1-6-2;;/h2*1-16,19H,17-18H2;1-9,11H,10H2;1-9H,10H2;1-7H,8H2;1H,(H,6,7);2*1H/q2*+1;;;;;;/p-2. The van der Waals surface area contributed by atoms with E-state index in [0.29, 0.717) is 73.9 Å². The molecule has 0 amide bonds. The average Bonchev–Trinajstić information content (AvgIpc) is 1.32. The first-order chi connectivity index (χ1) is 64.0. The van der Waals surface area contributed by atoms with Gasteiger partial charge in [0.1, 0.15) is 36.5 Å². The largest absolute Gasteiger partial charge is 1.00 e. The molecule has 0 aliphatic heterocycles. The number of hydrogen-bond donors (Lipinski definition) is 1. The van der Waals surface area contributed by atoms with Crippen molar-refractivity contribution in [1.29, 1.82) is 0 Å². The summed E-state index contributed by atoms with van der Waals surface area (Å²) in [5, 5.41) is 44.4. The van der Waals surface area contributed by atoms with Crippen molar-refractivity contribution in [2.24, 2.45) is 0 Å². The highest BCUT2D eigenvalue weighted by Crippen LogP contribution is 2.42. The number of nitrogens with one attached hydrogen (secondary N) is 1. The molecule has 0 atom stereocenters. The van der Waals surface area contributed by atoms with Crippen LogP contribution in [0.1, 0.15) is 38.9 Å². The molecule has 1 N–H and O–H groups in total. The second-order valence-electron chi connectivity index (χ2n) is 33.2. The number of halogens is 12. The van der Waals surface area contributed by atoms with E-state index in [1.165, 1.54) is 207 Å². The first-order valence-corrected chi connectivity index (χ1v) is 48.1. The molecule has 4 heterocycles. The number of hydrogen-bond acceptors (Lipinski definition) is 2. The van der Waals surface area contributed by atoms with E-state index in [0.717, 1.165) is 10.7 Å². The molecule has 4 aromatic heterocycles. The van der Waals surface area contributed by atoms with Crippen molar-refractivity contribution < 1.29 is 43.1 Å². The Balaban J connectivity index is 0.000000109. The summed E-state index contributed by atoms with van der Waals surface area (Å²) < 4.78 is 9.93. The van der Waals surface area contributed by atoms with Gasteiger partial charge in [-0.25, -0.2) is 28.2 Å². The highest BCUT2D eigenvalue weighted by Gasteiger charge is 2.25. The molecule has 0 radical (unpaired) electrons. The van der Waals surface area contributed by atoms with Crippen LogP contribution in [-0.4, -0.2) is 28.7 Å². The van der Waals surface area contributed by atoms with E-state index in [2.05, 4.69) is 393 Å². The zero-order valence-corrected chi connectivity index (χ0v) is 83.2. The lowest BCUT2D eigenvalue weighted by molar-refractivity contribution is -0.685. The number of fused-ring (bicyclic) bond motifs is 3. The zero-order valence-electron chi connectivity index (χ0n) is 70.8. The van der Waals surface area contributed by atoms with Crippen molar-refractivity contribution in [2.45, 2.75) is 43.4 Å². The van der Waals surface area contributed by atoms with Crippen LogP contribution in [-0.2, 0) is 43.4 Å². The van der Waals surface area contributed by atoms with Crippen LogP contribution in [0.2, 0.25) is 41.2 Å². The fourth-order valence-electron chi connectivity index (χ4n) is 18.8. The topological polar surface area (TPSA) is 64.1 Å². The Kier molecular flexibility index (Phi) is 27.0. The zero-order chi connectivity index (χ0) is 89.1. The summed E-state index contributed by atoms with van der Waals surface area (Å²) in [6.07, 6.45) is 7.15. The van der Waals surface area contributed by atoms with Crippen molar-refractivity contribution in [3.8, 4) is 0 Å². The van der Waals surface area contributed by atoms with Crippen molar-refractivity contribution in [3.05, 3.63) is 451 Å². The molecule has 0 aliphatic carbocycles. The average molecular weight is 2150 g/mol. The van der Waals surface area contributed by atoms with Crippen LogP contribution >= 0.6 is 125 Å². The minimum Gasteiger partial charge on any atom is -1.00 e. The monoisotopic (exact) mass is 2140 g/mol. The van der Waals surface area contributed by atoms with Crippen LogP contribution in [0.4, 0.5) is 0 Å². The van der Waals surface area contributed by atoms with Crippen LogP contribution in [0.3, 0.4) is 0 Å². The summed E-state index contributed by atoms with van der Waals surface area (Å²) >= 11 is 56.6. The van der Waals surface area contributed by atoms with Crippen LogP contribution in [0, 0.1) is 0 Å². The second kappa shape index (κ2) is 39.4. The summed E-state index contributed by atoms with van der Waals surface area (Å²) in [5.41, 5.74) is 8.61. The van der Waals surface area contributed by atoms with Gasteiger partial charge in [0.15, 0.2) is 10.3 Å². The van der Waals surface area contributed by atoms with Gasteiger partial charge in [0.25, 0.3) is 20.6 Å². The van der Waals surface area contributed by atoms with Crippen LogP contribution in [0.25, 0.3) is 162 Å². The van der Waals surface area contributed by atoms with Gasteiger partial charge in [0, 0.05) is 17.2 Å². The first-order valence-electron chi connectivity index (χ1n) is 42.8. The molecule has 8 nitrogen and oxygen atoms in total. The SMILES string of the molecule is BrCc1cc2ccc3cccc4ccc(c1)c2c34.BrCc1ccc2ccccc2c1.Clc1c(Cl)[n+](Cc2cc3ccc4cccc5ccc(c2)c3c45)cn1Cc1ccc2ccccc2c1.Clc1c(Cl)[n+](Cc2cc3ccc4cccc5ccc(c2)c3c45)cn1Cc1ccc2ccccc2c1.Clc1nc[nH]c1Cl.Clc1ncn(Cc2cc3ccc4cccc5ccc(c2)c3c45)c1Cl.[Br-].[Br-]. The number of rotatable bonds is 12. The van der Waals surface area contributed by atoms with Crippen molar-refractivity contribution in [2.75, 3.05) is 0 Å². The Morgan fingerprint density at radius 1 is 0.241 bits per heavy atom. The third-order valence-electron chi connectivity index (χ3n) is 24.8. The Hall–Kier alpha value is -11.1. The first kappa shape index (κ1) is 91.0. The second-order valence-corrected chi connectivity index (χ2v) is 37.2. The smallest absolute Gasteiger partial charge is 0.255 e. The molecule has 0 spiro atoms.